The van der Waals surface area contributed by atoms with Crippen LogP contribution in [0.15, 0.2) is 6.07 Å². The minimum atomic E-state index is -3.27. The molecule has 1 rings (SSSR count). The number of ether oxygens (including phenoxy) is 2. The summed E-state index contributed by atoms with van der Waals surface area (Å²) < 4.78 is 58.1. The number of hydrogen-bond acceptors (Lipinski definition) is 4. The predicted molar refractivity (Wildman–Crippen MR) is 55.4 cm³/mol. The van der Waals surface area contributed by atoms with Gasteiger partial charge >= 0.3 is 12.7 Å². The molecule has 0 aromatic carbocycles. The van der Waals surface area contributed by atoms with Gasteiger partial charge < -0.3 is 9.47 Å². The van der Waals surface area contributed by atoms with Gasteiger partial charge in [-0.15, -0.1) is 4.68 Å². The highest BCUT2D eigenvalue weighted by atomic mass is 19.3. The molecule has 0 spiro atoms. The third-order valence-electron chi connectivity index (χ3n) is 1.70. The summed E-state index contributed by atoms with van der Waals surface area (Å²) in [7, 11) is 0. The quantitative estimate of drug-likeness (QED) is 0.800. The largest absolute Gasteiger partial charge is 0.442 e. The number of alkyl halides is 4. The second-order valence-electron chi connectivity index (χ2n) is 4.48. The second-order valence-corrected chi connectivity index (χ2v) is 4.48. The minimum absolute atomic E-state index is 0.235. The van der Waals surface area contributed by atoms with Crippen LogP contribution in [-0.2, 0) is 4.74 Å². The Morgan fingerprint density at radius 2 is 1.89 bits per heavy atom. The molecular weight excluding hydrogens is 272 g/mol. The zero-order valence-electron chi connectivity index (χ0n) is 10.4. The topological polar surface area (TPSA) is 53.4 Å². The van der Waals surface area contributed by atoms with Crippen LogP contribution in [0.1, 0.15) is 32.9 Å². The van der Waals surface area contributed by atoms with Crippen molar-refractivity contribution in [3.05, 3.63) is 11.8 Å². The molecule has 0 unspecified atom stereocenters. The van der Waals surface area contributed by atoms with E-state index in [9.17, 15) is 22.4 Å². The molecule has 0 atom stereocenters. The third kappa shape index (κ3) is 4.42. The summed E-state index contributed by atoms with van der Waals surface area (Å²) in [6.45, 7) is 1.30. The second kappa shape index (κ2) is 5.45. The molecular formula is C10H12F4N2O3. The SMILES string of the molecule is CC(C)(C)OC(=O)n1nc(C(F)F)cc1OC(F)F. The Labute approximate surface area is 106 Å². The minimum Gasteiger partial charge on any atom is -0.442 e. The highest BCUT2D eigenvalue weighted by Gasteiger charge is 2.26. The van der Waals surface area contributed by atoms with Crippen molar-refractivity contribution in [1.29, 1.82) is 0 Å². The lowest BCUT2D eigenvalue weighted by Gasteiger charge is -2.19. The maximum Gasteiger partial charge on any atom is 0.438 e. The van der Waals surface area contributed by atoms with E-state index in [2.05, 4.69) is 9.84 Å². The first-order valence-corrected chi connectivity index (χ1v) is 5.16. The summed E-state index contributed by atoms with van der Waals surface area (Å²) in [5.74, 6) is -0.806. The molecule has 0 bridgehead atoms. The number of carbonyl (C=O) groups excluding carboxylic acids is 1. The predicted octanol–water partition coefficient (Wildman–Crippen LogP) is 3.21. The van der Waals surface area contributed by atoms with Crippen molar-refractivity contribution < 1.29 is 31.8 Å². The molecule has 1 aromatic heterocycles. The molecule has 19 heavy (non-hydrogen) atoms. The Morgan fingerprint density at radius 1 is 1.32 bits per heavy atom. The van der Waals surface area contributed by atoms with Crippen LogP contribution < -0.4 is 4.74 Å². The van der Waals surface area contributed by atoms with Gasteiger partial charge in [0.1, 0.15) is 11.3 Å². The molecule has 1 heterocycles. The summed E-state index contributed by atoms with van der Waals surface area (Å²) in [6.07, 6.45) is -4.21. The summed E-state index contributed by atoms with van der Waals surface area (Å²) in [6, 6.07) is 0.556. The van der Waals surface area contributed by atoms with E-state index in [0.717, 1.165) is 0 Å². The van der Waals surface area contributed by atoms with Gasteiger partial charge in [0.05, 0.1) is 0 Å². The number of nitrogens with zero attached hydrogens (tertiary/aromatic N) is 2. The normalized spacial score (nSPS) is 12.1. The fourth-order valence-electron chi connectivity index (χ4n) is 1.10. The highest BCUT2D eigenvalue weighted by molar-refractivity contribution is 5.71. The summed E-state index contributed by atoms with van der Waals surface area (Å²) in [5.41, 5.74) is -1.79. The number of aromatic nitrogens is 2. The average molecular weight is 284 g/mol. The van der Waals surface area contributed by atoms with Crippen molar-refractivity contribution in [2.45, 2.75) is 39.4 Å². The van der Waals surface area contributed by atoms with Crippen LogP contribution >= 0.6 is 0 Å². The summed E-state index contributed by atoms with van der Waals surface area (Å²) in [4.78, 5) is 11.6. The third-order valence-corrected chi connectivity index (χ3v) is 1.70. The van der Waals surface area contributed by atoms with Crippen LogP contribution in [-0.4, -0.2) is 28.1 Å². The number of carbonyl (C=O) groups is 1. The van der Waals surface area contributed by atoms with Gasteiger partial charge in [0.15, 0.2) is 0 Å². The molecule has 0 aliphatic heterocycles. The van der Waals surface area contributed by atoms with E-state index in [1.807, 2.05) is 0 Å². The van der Waals surface area contributed by atoms with E-state index < -0.39 is 36.3 Å². The van der Waals surface area contributed by atoms with Crippen molar-refractivity contribution in [3.8, 4) is 5.88 Å². The Balaban J connectivity index is 3.06. The van der Waals surface area contributed by atoms with E-state index in [0.29, 0.717) is 6.07 Å². The van der Waals surface area contributed by atoms with Gasteiger partial charge in [-0.1, -0.05) is 0 Å². The van der Waals surface area contributed by atoms with Gasteiger partial charge in [0.25, 0.3) is 6.43 Å². The van der Waals surface area contributed by atoms with E-state index in [-0.39, 0.29) is 4.68 Å². The number of halogens is 4. The Kier molecular flexibility index (Phi) is 4.38. The molecule has 108 valence electrons. The molecule has 0 saturated heterocycles. The zero-order valence-corrected chi connectivity index (χ0v) is 10.4. The standard InChI is InChI=1S/C10H12F4N2O3/c1-10(2,3)19-9(17)16-6(18-8(13)14)4-5(15-16)7(11)12/h4,7-8H,1-3H3. The maximum absolute atomic E-state index is 12.4. The lowest BCUT2D eigenvalue weighted by molar-refractivity contribution is -0.0557. The zero-order chi connectivity index (χ0) is 14.8. The van der Waals surface area contributed by atoms with E-state index in [1.165, 1.54) is 20.8 Å². The first kappa shape index (κ1) is 15.3. The molecule has 0 N–H and O–H groups in total. The molecule has 1 aromatic rings. The Morgan fingerprint density at radius 3 is 2.32 bits per heavy atom. The van der Waals surface area contributed by atoms with Crippen LogP contribution in [0.4, 0.5) is 22.4 Å². The van der Waals surface area contributed by atoms with Crippen molar-refractivity contribution in [2.24, 2.45) is 0 Å². The molecule has 0 fully saturated rings. The van der Waals surface area contributed by atoms with Crippen molar-refractivity contribution in [2.75, 3.05) is 0 Å². The van der Waals surface area contributed by atoms with Gasteiger partial charge in [-0.3, -0.25) is 0 Å². The van der Waals surface area contributed by atoms with Gasteiger partial charge in [0, 0.05) is 6.07 Å². The lowest BCUT2D eigenvalue weighted by atomic mass is 10.2. The van der Waals surface area contributed by atoms with Crippen LogP contribution in [0.5, 0.6) is 5.88 Å². The highest BCUT2D eigenvalue weighted by Crippen LogP contribution is 2.24. The van der Waals surface area contributed by atoms with Crippen LogP contribution in [0, 0.1) is 0 Å². The van der Waals surface area contributed by atoms with Gasteiger partial charge in [-0.05, 0) is 20.8 Å². The molecule has 0 saturated carbocycles. The number of rotatable bonds is 3. The van der Waals surface area contributed by atoms with E-state index in [4.69, 9.17) is 4.74 Å². The first-order chi connectivity index (χ1) is 8.60. The molecule has 9 heteroatoms. The molecule has 0 aliphatic carbocycles. The maximum atomic E-state index is 12.4. The lowest BCUT2D eigenvalue weighted by Crippen LogP contribution is -2.28. The van der Waals surface area contributed by atoms with Gasteiger partial charge in [0.2, 0.25) is 5.88 Å². The first-order valence-electron chi connectivity index (χ1n) is 5.16. The number of hydrogen-bond donors (Lipinski definition) is 0. The van der Waals surface area contributed by atoms with E-state index >= 15 is 0 Å². The summed E-state index contributed by atoms with van der Waals surface area (Å²) in [5, 5.41) is 3.18. The Bertz CT molecular complexity index is 454. The summed E-state index contributed by atoms with van der Waals surface area (Å²) >= 11 is 0. The smallest absolute Gasteiger partial charge is 0.438 e. The fraction of sp³-hybridized carbons (Fsp3) is 0.600. The molecule has 0 amide bonds. The molecule has 0 aliphatic rings. The average Bonchev–Trinajstić information content (AvgIpc) is 2.57. The van der Waals surface area contributed by atoms with Crippen molar-refractivity contribution in [3.63, 3.8) is 0 Å². The fourth-order valence-corrected chi connectivity index (χ4v) is 1.10. The monoisotopic (exact) mass is 284 g/mol. The van der Waals surface area contributed by atoms with Crippen molar-refractivity contribution >= 4 is 6.09 Å². The molecule has 5 nitrogen and oxygen atoms in total. The van der Waals surface area contributed by atoms with Gasteiger partial charge in [-0.25, -0.2) is 13.6 Å². The Hall–Kier alpha value is -1.80. The van der Waals surface area contributed by atoms with Crippen LogP contribution in [0.2, 0.25) is 0 Å². The van der Waals surface area contributed by atoms with Crippen LogP contribution in [0.3, 0.4) is 0 Å². The van der Waals surface area contributed by atoms with E-state index in [1.54, 1.807) is 0 Å². The van der Waals surface area contributed by atoms with Gasteiger partial charge in [-0.2, -0.15) is 13.9 Å². The van der Waals surface area contributed by atoms with Crippen LogP contribution in [0.25, 0.3) is 0 Å². The van der Waals surface area contributed by atoms with Crippen molar-refractivity contribution in [1.82, 2.24) is 9.78 Å². The molecule has 0 radical (unpaired) electrons.